The summed E-state index contributed by atoms with van der Waals surface area (Å²) in [6.45, 7) is 0. The normalized spacial score (nSPS) is 12.0. The van der Waals surface area contributed by atoms with Crippen molar-refractivity contribution in [3.63, 3.8) is 0 Å². The molecule has 0 fully saturated rings. The minimum absolute atomic E-state index is 0.169. The Bertz CT molecular complexity index is 634. The molecule has 1 atom stereocenters. The van der Waals surface area contributed by atoms with Crippen LogP contribution in [0.4, 0.5) is 0 Å². The van der Waals surface area contributed by atoms with Gasteiger partial charge in [0.2, 0.25) is 0 Å². The molecule has 0 saturated heterocycles. The van der Waals surface area contributed by atoms with Crippen molar-refractivity contribution in [3.05, 3.63) is 57.0 Å². The summed E-state index contributed by atoms with van der Waals surface area (Å²) in [5.74, 6) is 1.51. The van der Waals surface area contributed by atoms with Crippen LogP contribution in [-0.2, 0) is 6.42 Å². The topological polar surface area (TPSA) is 44.5 Å². The van der Waals surface area contributed by atoms with Crippen molar-refractivity contribution in [3.8, 4) is 11.5 Å². The Balaban J connectivity index is 2.21. The molecule has 112 valence electrons. The number of benzene rings is 2. The van der Waals surface area contributed by atoms with Crippen LogP contribution in [-0.4, -0.2) is 14.2 Å². The molecule has 2 aromatic carbocycles. The monoisotopic (exact) mass is 369 g/mol. The highest BCUT2D eigenvalue weighted by Crippen LogP contribution is 2.31. The van der Waals surface area contributed by atoms with Crippen LogP contribution in [0.5, 0.6) is 11.5 Å². The van der Waals surface area contributed by atoms with Gasteiger partial charge in [-0.1, -0.05) is 23.7 Å². The van der Waals surface area contributed by atoms with E-state index in [4.69, 9.17) is 26.8 Å². The zero-order valence-electron chi connectivity index (χ0n) is 11.9. The van der Waals surface area contributed by atoms with Crippen LogP contribution in [0.2, 0.25) is 5.02 Å². The Morgan fingerprint density at radius 2 is 1.81 bits per heavy atom. The molecule has 0 aliphatic carbocycles. The van der Waals surface area contributed by atoms with Gasteiger partial charge in [0, 0.05) is 16.6 Å². The third-order valence-corrected chi connectivity index (χ3v) is 4.12. The molecule has 0 spiro atoms. The van der Waals surface area contributed by atoms with Crippen molar-refractivity contribution in [2.45, 2.75) is 12.5 Å². The maximum Gasteiger partial charge on any atom is 0.133 e. The molecule has 0 saturated carbocycles. The van der Waals surface area contributed by atoms with Crippen molar-refractivity contribution >= 4 is 27.5 Å². The maximum absolute atomic E-state index is 6.30. The Morgan fingerprint density at radius 3 is 2.43 bits per heavy atom. The molecule has 0 radical (unpaired) electrons. The molecule has 2 N–H and O–H groups in total. The lowest BCUT2D eigenvalue weighted by atomic mass is 9.99. The first-order valence-electron chi connectivity index (χ1n) is 6.46. The highest BCUT2D eigenvalue weighted by molar-refractivity contribution is 9.10. The second kappa shape index (κ2) is 7.16. The third kappa shape index (κ3) is 3.90. The average Bonchev–Trinajstić information content (AvgIpc) is 2.47. The van der Waals surface area contributed by atoms with E-state index in [1.165, 1.54) is 0 Å². The third-order valence-electron chi connectivity index (χ3n) is 3.27. The van der Waals surface area contributed by atoms with E-state index in [0.717, 1.165) is 21.3 Å². The summed E-state index contributed by atoms with van der Waals surface area (Å²) in [7, 11) is 3.26. The van der Waals surface area contributed by atoms with Gasteiger partial charge >= 0.3 is 0 Å². The summed E-state index contributed by atoms with van der Waals surface area (Å²) in [5.41, 5.74) is 8.36. The number of methoxy groups -OCH3 is 2. The molecular formula is C16H17BrClNO2. The zero-order chi connectivity index (χ0) is 15.4. The van der Waals surface area contributed by atoms with Gasteiger partial charge in [-0.05, 0) is 52.2 Å². The lowest BCUT2D eigenvalue weighted by molar-refractivity contribution is 0.405. The summed E-state index contributed by atoms with van der Waals surface area (Å²) in [5, 5.41) is 0.634. The molecule has 21 heavy (non-hydrogen) atoms. The van der Waals surface area contributed by atoms with E-state index >= 15 is 0 Å². The van der Waals surface area contributed by atoms with Crippen molar-refractivity contribution in [2.24, 2.45) is 5.73 Å². The number of nitrogens with two attached hydrogens (primary N) is 1. The minimum Gasteiger partial charge on any atom is -0.496 e. The Kier molecular flexibility index (Phi) is 5.51. The number of hydrogen-bond donors (Lipinski definition) is 1. The molecule has 0 amide bonds. The van der Waals surface area contributed by atoms with Crippen LogP contribution in [0.1, 0.15) is 17.2 Å². The van der Waals surface area contributed by atoms with E-state index < -0.39 is 0 Å². The van der Waals surface area contributed by atoms with Crippen LogP contribution in [0, 0.1) is 0 Å². The summed E-state index contributed by atoms with van der Waals surface area (Å²) in [4.78, 5) is 0. The van der Waals surface area contributed by atoms with Crippen LogP contribution in [0.15, 0.2) is 40.9 Å². The van der Waals surface area contributed by atoms with Crippen molar-refractivity contribution < 1.29 is 9.47 Å². The van der Waals surface area contributed by atoms with Crippen molar-refractivity contribution in [1.82, 2.24) is 0 Å². The van der Waals surface area contributed by atoms with Gasteiger partial charge in [-0.15, -0.1) is 0 Å². The fraction of sp³-hybridized carbons (Fsp3) is 0.250. The predicted octanol–water partition coefficient (Wildman–Crippen LogP) is 4.36. The van der Waals surface area contributed by atoms with Crippen molar-refractivity contribution in [1.29, 1.82) is 0 Å². The van der Waals surface area contributed by atoms with Crippen LogP contribution >= 0.6 is 27.5 Å². The first-order chi connectivity index (χ1) is 10.0. The highest BCUT2D eigenvalue weighted by Gasteiger charge is 2.14. The van der Waals surface area contributed by atoms with Gasteiger partial charge < -0.3 is 15.2 Å². The van der Waals surface area contributed by atoms with E-state index in [1.54, 1.807) is 20.3 Å². The maximum atomic E-state index is 6.30. The summed E-state index contributed by atoms with van der Waals surface area (Å²) >= 11 is 9.46. The van der Waals surface area contributed by atoms with Gasteiger partial charge in [-0.2, -0.15) is 0 Å². The summed E-state index contributed by atoms with van der Waals surface area (Å²) < 4.78 is 11.5. The van der Waals surface area contributed by atoms with Gasteiger partial charge in [-0.3, -0.25) is 0 Å². The molecule has 0 heterocycles. The molecule has 0 bridgehead atoms. The molecule has 2 rings (SSSR count). The molecule has 5 heteroatoms. The Hall–Kier alpha value is -1.23. The van der Waals surface area contributed by atoms with E-state index in [0.29, 0.717) is 17.2 Å². The highest BCUT2D eigenvalue weighted by atomic mass is 79.9. The summed E-state index contributed by atoms with van der Waals surface area (Å²) in [6, 6.07) is 11.3. The van der Waals surface area contributed by atoms with Gasteiger partial charge in [-0.25, -0.2) is 0 Å². The molecular weight excluding hydrogens is 354 g/mol. The van der Waals surface area contributed by atoms with Crippen LogP contribution in [0.25, 0.3) is 0 Å². The first-order valence-corrected chi connectivity index (χ1v) is 7.63. The van der Waals surface area contributed by atoms with E-state index in [9.17, 15) is 0 Å². The Labute approximate surface area is 138 Å². The molecule has 2 aromatic rings. The van der Waals surface area contributed by atoms with Crippen LogP contribution in [0.3, 0.4) is 0 Å². The lowest BCUT2D eigenvalue weighted by Crippen LogP contribution is -2.14. The van der Waals surface area contributed by atoms with Gasteiger partial charge in [0.1, 0.15) is 11.5 Å². The fourth-order valence-corrected chi connectivity index (χ4v) is 2.94. The average molecular weight is 371 g/mol. The number of ether oxygens (including phenoxy) is 2. The molecule has 0 aliphatic rings. The van der Waals surface area contributed by atoms with Crippen molar-refractivity contribution in [2.75, 3.05) is 14.2 Å². The Morgan fingerprint density at radius 1 is 1.10 bits per heavy atom. The first kappa shape index (κ1) is 16.1. The second-order valence-electron chi connectivity index (χ2n) is 4.67. The van der Waals surface area contributed by atoms with Crippen LogP contribution < -0.4 is 15.2 Å². The molecule has 0 aliphatic heterocycles. The largest absolute Gasteiger partial charge is 0.496 e. The number of halogens is 2. The number of hydrogen-bond acceptors (Lipinski definition) is 3. The van der Waals surface area contributed by atoms with E-state index in [-0.39, 0.29) is 6.04 Å². The molecule has 0 aromatic heterocycles. The predicted molar refractivity (Wildman–Crippen MR) is 89.3 cm³/mol. The molecule has 3 nitrogen and oxygen atoms in total. The SMILES string of the molecule is COc1ccc(CC(N)c2ccc(Cl)cc2OC)cc1Br. The fourth-order valence-electron chi connectivity index (χ4n) is 2.19. The quantitative estimate of drug-likeness (QED) is 0.850. The van der Waals surface area contributed by atoms with Gasteiger partial charge in [0.05, 0.1) is 18.7 Å². The minimum atomic E-state index is -0.169. The second-order valence-corrected chi connectivity index (χ2v) is 5.96. The molecule has 1 unspecified atom stereocenters. The zero-order valence-corrected chi connectivity index (χ0v) is 14.2. The number of rotatable bonds is 5. The van der Waals surface area contributed by atoms with Gasteiger partial charge in [0.25, 0.3) is 0 Å². The standard InChI is InChI=1S/C16H17BrClNO2/c1-20-15-6-3-10(7-13(15)17)8-14(19)12-5-4-11(18)9-16(12)21-2/h3-7,9,14H,8,19H2,1-2H3. The smallest absolute Gasteiger partial charge is 0.133 e. The summed E-state index contributed by atoms with van der Waals surface area (Å²) in [6.07, 6.45) is 0.695. The van der Waals surface area contributed by atoms with Gasteiger partial charge in [0.15, 0.2) is 0 Å². The lowest BCUT2D eigenvalue weighted by Gasteiger charge is -2.16. The van der Waals surface area contributed by atoms with E-state index in [1.807, 2.05) is 30.3 Å². The van der Waals surface area contributed by atoms with E-state index in [2.05, 4.69) is 15.9 Å².